The first-order valence-electron chi connectivity index (χ1n) is 11.7. The monoisotopic (exact) mass is 452 g/mol. The van der Waals surface area contributed by atoms with E-state index in [1.54, 1.807) is 7.11 Å². The third-order valence-electron chi connectivity index (χ3n) is 6.65. The molecule has 0 amide bonds. The van der Waals surface area contributed by atoms with E-state index in [1.165, 1.54) is 0 Å². The Morgan fingerprint density at radius 3 is 1.54 bits per heavy atom. The van der Waals surface area contributed by atoms with Crippen molar-refractivity contribution in [3.05, 3.63) is 121 Å². The van der Waals surface area contributed by atoms with Crippen molar-refractivity contribution in [2.24, 2.45) is 0 Å². The van der Waals surface area contributed by atoms with Gasteiger partial charge in [-0.3, -0.25) is 0 Å². The van der Waals surface area contributed by atoms with Crippen LogP contribution in [0.3, 0.4) is 0 Å². The van der Waals surface area contributed by atoms with Gasteiger partial charge in [-0.2, -0.15) is 0 Å². The summed E-state index contributed by atoms with van der Waals surface area (Å²) in [5, 5.41) is 16.1. The van der Waals surface area contributed by atoms with Gasteiger partial charge in [0, 0.05) is 22.3 Å². The van der Waals surface area contributed by atoms with E-state index in [0.29, 0.717) is 0 Å². The van der Waals surface area contributed by atoms with E-state index in [-0.39, 0.29) is 5.75 Å². The van der Waals surface area contributed by atoms with Gasteiger partial charge in [0.05, 0.1) is 7.11 Å². The summed E-state index contributed by atoms with van der Waals surface area (Å²) < 4.78 is 6.13. The van der Waals surface area contributed by atoms with Gasteiger partial charge in [0.25, 0.3) is 0 Å². The number of hydrogen-bond donors (Lipinski definition) is 1. The lowest BCUT2D eigenvalue weighted by Crippen LogP contribution is -1.96. The Labute approximate surface area is 204 Å². The summed E-state index contributed by atoms with van der Waals surface area (Å²) in [5.41, 5.74) is 5.52. The van der Waals surface area contributed by atoms with E-state index in [1.807, 2.05) is 72.8 Å². The van der Waals surface area contributed by atoms with Crippen molar-refractivity contribution in [1.29, 1.82) is 0 Å². The first kappa shape index (κ1) is 21.0. The Bertz CT molecular complexity index is 1670. The van der Waals surface area contributed by atoms with Gasteiger partial charge >= 0.3 is 0 Å². The largest absolute Gasteiger partial charge is 0.507 e. The maximum Gasteiger partial charge on any atom is 0.135 e. The standard InChI is InChI=1S/C33H24O2/c1-35-33-29(23-14-6-3-7-15-23)21-25-17-9-11-19-27(25)31(33)30-26-18-10-8-16-24(26)20-28(32(30)34)22-12-4-2-5-13-22/h2-21,34H,1H3. The SMILES string of the molecule is COc1c(-c2ccccc2)cc2ccccc2c1-c1c(O)c(-c2ccccc2)cc2ccccc12. The molecule has 0 bridgehead atoms. The van der Waals surface area contributed by atoms with E-state index in [9.17, 15) is 5.11 Å². The smallest absolute Gasteiger partial charge is 0.135 e. The fourth-order valence-electron chi connectivity index (χ4n) is 5.05. The van der Waals surface area contributed by atoms with Crippen LogP contribution in [-0.2, 0) is 0 Å². The summed E-state index contributed by atoms with van der Waals surface area (Å²) in [6.45, 7) is 0. The zero-order valence-corrected chi connectivity index (χ0v) is 19.4. The maximum atomic E-state index is 11.9. The fourth-order valence-corrected chi connectivity index (χ4v) is 5.05. The van der Waals surface area contributed by atoms with Crippen LogP contribution < -0.4 is 4.74 Å². The van der Waals surface area contributed by atoms with Crippen LogP contribution >= 0.6 is 0 Å². The highest BCUT2D eigenvalue weighted by Crippen LogP contribution is 2.51. The summed E-state index contributed by atoms with van der Waals surface area (Å²) in [6.07, 6.45) is 0. The molecule has 6 rings (SSSR count). The Hall–Kier alpha value is -4.56. The molecule has 0 aliphatic rings. The number of phenolic OH excluding ortho intramolecular Hbond substituents is 1. The minimum absolute atomic E-state index is 0.253. The molecular weight excluding hydrogens is 428 g/mol. The molecule has 0 aliphatic heterocycles. The molecule has 2 heteroatoms. The molecule has 35 heavy (non-hydrogen) atoms. The molecule has 0 unspecified atom stereocenters. The van der Waals surface area contributed by atoms with E-state index in [2.05, 4.69) is 48.5 Å². The highest BCUT2D eigenvalue weighted by atomic mass is 16.5. The van der Waals surface area contributed by atoms with Crippen LogP contribution in [0.4, 0.5) is 0 Å². The zero-order valence-electron chi connectivity index (χ0n) is 19.4. The van der Waals surface area contributed by atoms with Crippen LogP contribution in [0.25, 0.3) is 54.9 Å². The average molecular weight is 453 g/mol. The number of hydrogen-bond acceptors (Lipinski definition) is 2. The van der Waals surface area contributed by atoms with Crippen molar-refractivity contribution in [1.82, 2.24) is 0 Å². The van der Waals surface area contributed by atoms with Crippen LogP contribution in [0, 0.1) is 0 Å². The maximum absolute atomic E-state index is 11.9. The van der Waals surface area contributed by atoms with Crippen molar-refractivity contribution in [2.75, 3.05) is 7.11 Å². The van der Waals surface area contributed by atoms with Gasteiger partial charge < -0.3 is 9.84 Å². The molecule has 0 fully saturated rings. The minimum Gasteiger partial charge on any atom is -0.507 e. The number of aromatic hydroxyl groups is 1. The minimum atomic E-state index is 0.253. The lowest BCUT2D eigenvalue weighted by atomic mass is 9.86. The first-order chi connectivity index (χ1) is 17.3. The first-order valence-corrected chi connectivity index (χ1v) is 11.7. The zero-order chi connectivity index (χ0) is 23.8. The fraction of sp³-hybridized carbons (Fsp3) is 0.0303. The van der Waals surface area contributed by atoms with Gasteiger partial charge in [0.2, 0.25) is 0 Å². The summed E-state index contributed by atoms with van der Waals surface area (Å²) in [4.78, 5) is 0. The van der Waals surface area contributed by atoms with Crippen molar-refractivity contribution in [3.8, 4) is 44.9 Å². The van der Waals surface area contributed by atoms with Crippen LogP contribution in [0.1, 0.15) is 0 Å². The van der Waals surface area contributed by atoms with Crippen molar-refractivity contribution >= 4 is 21.5 Å². The number of ether oxygens (including phenoxy) is 1. The molecule has 6 aromatic carbocycles. The summed E-state index contributed by atoms with van der Waals surface area (Å²) in [7, 11) is 1.71. The molecule has 0 aliphatic carbocycles. The number of fused-ring (bicyclic) bond motifs is 2. The molecule has 0 saturated carbocycles. The summed E-state index contributed by atoms with van der Waals surface area (Å²) in [5.74, 6) is 1.00. The Kier molecular flexibility index (Phi) is 5.20. The number of benzene rings is 6. The second-order valence-electron chi connectivity index (χ2n) is 8.65. The molecule has 0 spiro atoms. The van der Waals surface area contributed by atoms with E-state index >= 15 is 0 Å². The topological polar surface area (TPSA) is 29.5 Å². The lowest BCUT2D eigenvalue weighted by Gasteiger charge is -2.21. The summed E-state index contributed by atoms with van der Waals surface area (Å²) in [6, 6.07) is 41.1. The van der Waals surface area contributed by atoms with Crippen molar-refractivity contribution < 1.29 is 9.84 Å². The number of methoxy groups -OCH3 is 1. The highest BCUT2D eigenvalue weighted by molar-refractivity contribution is 6.14. The molecule has 0 aromatic heterocycles. The third kappa shape index (κ3) is 3.51. The van der Waals surface area contributed by atoms with E-state index < -0.39 is 0 Å². The second kappa shape index (κ2) is 8.66. The number of rotatable bonds is 4. The lowest BCUT2D eigenvalue weighted by molar-refractivity contribution is 0.418. The van der Waals surface area contributed by atoms with Crippen LogP contribution in [0.2, 0.25) is 0 Å². The third-order valence-corrected chi connectivity index (χ3v) is 6.65. The van der Waals surface area contributed by atoms with Gasteiger partial charge in [0.1, 0.15) is 11.5 Å². The van der Waals surface area contributed by atoms with Gasteiger partial charge in [0.15, 0.2) is 0 Å². The number of phenols is 1. The molecule has 168 valence electrons. The molecule has 6 aromatic rings. The van der Waals surface area contributed by atoms with Crippen molar-refractivity contribution in [2.45, 2.75) is 0 Å². The van der Waals surface area contributed by atoms with Crippen LogP contribution in [-0.4, -0.2) is 12.2 Å². The van der Waals surface area contributed by atoms with E-state index in [0.717, 1.165) is 60.7 Å². The average Bonchev–Trinajstić information content (AvgIpc) is 2.93. The molecule has 1 N–H and O–H groups in total. The Balaban J connectivity index is 1.80. The predicted molar refractivity (Wildman–Crippen MR) is 146 cm³/mol. The normalized spacial score (nSPS) is 11.1. The van der Waals surface area contributed by atoms with Crippen LogP contribution in [0.15, 0.2) is 121 Å². The van der Waals surface area contributed by atoms with Gasteiger partial charge in [-0.05, 0) is 44.8 Å². The molecule has 0 radical (unpaired) electrons. The second-order valence-corrected chi connectivity index (χ2v) is 8.65. The van der Waals surface area contributed by atoms with Crippen molar-refractivity contribution in [3.63, 3.8) is 0 Å². The van der Waals surface area contributed by atoms with E-state index in [4.69, 9.17) is 4.74 Å². The van der Waals surface area contributed by atoms with Gasteiger partial charge in [-0.25, -0.2) is 0 Å². The molecule has 2 nitrogen and oxygen atoms in total. The van der Waals surface area contributed by atoms with Gasteiger partial charge in [-0.15, -0.1) is 0 Å². The Morgan fingerprint density at radius 1 is 0.514 bits per heavy atom. The van der Waals surface area contributed by atoms with Crippen LogP contribution in [0.5, 0.6) is 11.5 Å². The highest BCUT2D eigenvalue weighted by Gasteiger charge is 2.23. The predicted octanol–water partition coefficient (Wildman–Crippen LogP) is 8.71. The molecule has 0 atom stereocenters. The Morgan fingerprint density at radius 2 is 0.971 bits per heavy atom. The molecular formula is C33H24O2. The molecule has 0 saturated heterocycles. The van der Waals surface area contributed by atoms with Gasteiger partial charge in [-0.1, -0.05) is 109 Å². The molecule has 0 heterocycles. The summed E-state index contributed by atoms with van der Waals surface area (Å²) >= 11 is 0. The quantitative estimate of drug-likeness (QED) is 0.290.